The van der Waals surface area contributed by atoms with Crippen LogP contribution in [0.4, 0.5) is 13.2 Å². The van der Waals surface area contributed by atoms with E-state index in [-0.39, 0.29) is 30.9 Å². The van der Waals surface area contributed by atoms with E-state index in [1.54, 1.807) is 10.3 Å². The molecule has 2 heterocycles. The van der Waals surface area contributed by atoms with Gasteiger partial charge in [0.15, 0.2) is 0 Å². The maximum absolute atomic E-state index is 12.7. The van der Waals surface area contributed by atoms with E-state index >= 15 is 0 Å². The fourth-order valence-electron chi connectivity index (χ4n) is 3.38. The zero-order valence-electron chi connectivity index (χ0n) is 17.2. The molecule has 1 aromatic heterocycles. The molecule has 1 aliphatic heterocycles. The molecule has 1 atom stereocenters. The molecule has 3 rings (SSSR count). The van der Waals surface area contributed by atoms with Crippen molar-refractivity contribution in [2.45, 2.75) is 25.6 Å². The zero-order chi connectivity index (χ0) is 23.1. The smallest absolute Gasteiger partial charge is 0.370 e. The highest BCUT2D eigenvalue weighted by molar-refractivity contribution is 7.09. The van der Waals surface area contributed by atoms with E-state index in [4.69, 9.17) is 16.3 Å². The molecule has 174 valence electrons. The Bertz CT molecular complexity index is 921. The average Bonchev–Trinajstić information content (AvgIpc) is 3.26. The first-order valence-electron chi connectivity index (χ1n) is 10.1. The van der Waals surface area contributed by atoms with Gasteiger partial charge >= 0.3 is 6.18 Å². The largest absolute Gasteiger partial charge is 0.416 e. The SMILES string of the molecule is O=C(NCc1nc(-c2ccc(C(F)(F)F)cc2)cs1)[C@H]1CCCN(C(=O)COCCCl)C1. The number of rotatable bonds is 8. The van der Waals surface area contributed by atoms with Crippen molar-refractivity contribution >= 4 is 34.8 Å². The lowest BCUT2D eigenvalue weighted by Gasteiger charge is -2.32. The summed E-state index contributed by atoms with van der Waals surface area (Å²) in [5.41, 5.74) is 0.415. The van der Waals surface area contributed by atoms with Gasteiger partial charge in [-0.15, -0.1) is 22.9 Å². The van der Waals surface area contributed by atoms with Crippen molar-refractivity contribution in [1.82, 2.24) is 15.2 Å². The summed E-state index contributed by atoms with van der Waals surface area (Å²) in [6.45, 7) is 1.40. The van der Waals surface area contributed by atoms with Crippen LogP contribution in [-0.4, -0.2) is 53.9 Å². The third kappa shape index (κ3) is 6.66. The number of likely N-dealkylation sites (tertiary alicyclic amines) is 1. The second-order valence-electron chi connectivity index (χ2n) is 7.34. The summed E-state index contributed by atoms with van der Waals surface area (Å²) in [5.74, 6) is -0.311. The van der Waals surface area contributed by atoms with E-state index in [9.17, 15) is 22.8 Å². The van der Waals surface area contributed by atoms with Crippen molar-refractivity contribution in [2.75, 3.05) is 32.2 Å². The van der Waals surface area contributed by atoms with E-state index in [2.05, 4.69) is 10.3 Å². The number of carbonyl (C=O) groups excluding carboxylic acids is 2. The molecule has 0 saturated carbocycles. The van der Waals surface area contributed by atoms with Gasteiger partial charge in [0, 0.05) is 29.9 Å². The Balaban J connectivity index is 1.51. The lowest BCUT2D eigenvalue weighted by atomic mass is 9.97. The first kappa shape index (κ1) is 24.5. The molecule has 1 saturated heterocycles. The summed E-state index contributed by atoms with van der Waals surface area (Å²) in [7, 11) is 0. The highest BCUT2D eigenvalue weighted by atomic mass is 35.5. The van der Waals surface area contributed by atoms with E-state index in [1.807, 2.05) is 0 Å². The summed E-state index contributed by atoms with van der Waals surface area (Å²) >= 11 is 6.85. The van der Waals surface area contributed by atoms with Gasteiger partial charge in [-0.05, 0) is 25.0 Å². The van der Waals surface area contributed by atoms with Crippen molar-refractivity contribution in [3.05, 3.63) is 40.2 Å². The van der Waals surface area contributed by atoms with Crippen molar-refractivity contribution < 1.29 is 27.5 Å². The molecule has 32 heavy (non-hydrogen) atoms. The Kier molecular flexibility index (Phi) is 8.50. The molecule has 0 radical (unpaired) electrons. The molecule has 2 amide bonds. The van der Waals surface area contributed by atoms with E-state index in [0.717, 1.165) is 18.6 Å². The first-order chi connectivity index (χ1) is 15.3. The number of aromatic nitrogens is 1. The predicted octanol–water partition coefficient (Wildman–Crippen LogP) is 3.94. The molecule has 0 unspecified atom stereocenters. The maximum atomic E-state index is 12.7. The van der Waals surface area contributed by atoms with Gasteiger partial charge in [0.05, 0.1) is 30.3 Å². The molecule has 6 nitrogen and oxygen atoms in total. The van der Waals surface area contributed by atoms with Crippen molar-refractivity contribution in [3.8, 4) is 11.3 Å². The monoisotopic (exact) mass is 489 g/mol. The van der Waals surface area contributed by atoms with Crippen LogP contribution in [0.25, 0.3) is 11.3 Å². The summed E-state index contributed by atoms with van der Waals surface area (Å²) in [6.07, 6.45) is -2.96. The third-order valence-electron chi connectivity index (χ3n) is 5.07. The van der Waals surface area contributed by atoms with Gasteiger partial charge < -0.3 is 15.0 Å². The minimum atomic E-state index is -4.38. The van der Waals surface area contributed by atoms with Crippen LogP contribution in [-0.2, 0) is 27.0 Å². The number of hydrogen-bond donors (Lipinski definition) is 1. The van der Waals surface area contributed by atoms with Crippen LogP contribution in [0.2, 0.25) is 0 Å². The fraction of sp³-hybridized carbons (Fsp3) is 0.476. The van der Waals surface area contributed by atoms with E-state index in [0.29, 0.717) is 48.3 Å². The fourth-order valence-corrected chi connectivity index (χ4v) is 4.24. The summed E-state index contributed by atoms with van der Waals surface area (Å²) in [4.78, 5) is 30.8. The van der Waals surface area contributed by atoms with Crippen LogP contribution in [0, 0.1) is 5.92 Å². The van der Waals surface area contributed by atoms with Crippen LogP contribution in [0.15, 0.2) is 29.6 Å². The normalized spacial score (nSPS) is 16.8. The number of ether oxygens (including phenoxy) is 1. The van der Waals surface area contributed by atoms with Gasteiger partial charge in [-0.3, -0.25) is 9.59 Å². The minimum Gasteiger partial charge on any atom is -0.370 e. The number of amides is 2. The number of alkyl halides is 4. The molecule has 1 N–H and O–H groups in total. The molecule has 11 heteroatoms. The molecule has 1 aromatic carbocycles. The van der Waals surface area contributed by atoms with E-state index < -0.39 is 11.7 Å². The minimum absolute atomic E-state index is 0.0487. The van der Waals surface area contributed by atoms with Gasteiger partial charge in [0.2, 0.25) is 11.8 Å². The molecule has 0 bridgehead atoms. The number of nitrogens with one attached hydrogen (secondary N) is 1. The molecule has 2 aromatic rings. The number of hydrogen-bond acceptors (Lipinski definition) is 5. The van der Waals surface area contributed by atoms with Crippen LogP contribution in [0.3, 0.4) is 0 Å². The number of piperidine rings is 1. The van der Waals surface area contributed by atoms with Crippen molar-refractivity contribution in [2.24, 2.45) is 5.92 Å². The highest BCUT2D eigenvalue weighted by Gasteiger charge is 2.30. The molecule has 0 spiro atoms. The van der Waals surface area contributed by atoms with Crippen LogP contribution >= 0.6 is 22.9 Å². The van der Waals surface area contributed by atoms with Gasteiger partial charge in [-0.25, -0.2) is 4.98 Å². The molecule has 1 fully saturated rings. The lowest BCUT2D eigenvalue weighted by Crippen LogP contribution is -2.46. The summed E-state index contributed by atoms with van der Waals surface area (Å²) in [6, 6.07) is 4.80. The topological polar surface area (TPSA) is 71.5 Å². The Labute approximate surface area is 192 Å². The van der Waals surface area contributed by atoms with Gasteiger partial charge in [-0.2, -0.15) is 13.2 Å². The number of nitrogens with zero attached hydrogens (tertiary/aromatic N) is 2. The van der Waals surface area contributed by atoms with Crippen LogP contribution < -0.4 is 5.32 Å². The quantitative estimate of drug-likeness (QED) is 0.450. The van der Waals surface area contributed by atoms with Gasteiger partial charge in [0.1, 0.15) is 11.6 Å². The molecule has 1 aliphatic rings. The third-order valence-corrected chi connectivity index (χ3v) is 6.07. The molecular formula is C21H23ClF3N3O3S. The Hall–Kier alpha value is -2.17. The lowest BCUT2D eigenvalue weighted by molar-refractivity contribution is -0.140. The average molecular weight is 490 g/mol. The van der Waals surface area contributed by atoms with Crippen molar-refractivity contribution in [1.29, 1.82) is 0 Å². The van der Waals surface area contributed by atoms with E-state index in [1.165, 1.54) is 23.5 Å². The van der Waals surface area contributed by atoms with Crippen LogP contribution in [0.5, 0.6) is 0 Å². The molecule has 0 aliphatic carbocycles. The van der Waals surface area contributed by atoms with Crippen LogP contribution in [0.1, 0.15) is 23.4 Å². The Morgan fingerprint density at radius 3 is 2.72 bits per heavy atom. The number of halogens is 4. The first-order valence-corrected chi connectivity index (χ1v) is 11.5. The van der Waals surface area contributed by atoms with Gasteiger partial charge in [-0.1, -0.05) is 12.1 Å². The zero-order valence-corrected chi connectivity index (χ0v) is 18.7. The second-order valence-corrected chi connectivity index (χ2v) is 8.66. The predicted molar refractivity (Wildman–Crippen MR) is 115 cm³/mol. The number of carbonyl (C=O) groups is 2. The number of thiazole rings is 1. The second kappa shape index (κ2) is 11.1. The standard InChI is InChI=1S/C21H23ClF3N3O3S/c22-7-9-31-12-19(29)28-8-1-2-15(11-28)20(30)26-10-18-27-17(13-32-18)14-3-5-16(6-4-14)21(23,24)25/h3-6,13,15H,1-2,7-12H2,(H,26,30)/t15-/m0/s1. The highest BCUT2D eigenvalue weighted by Crippen LogP contribution is 2.31. The summed E-state index contributed by atoms with van der Waals surface area (Å²) < 4.78 is 43.3. The van der Waals surface area contributed by atoms with Gasteiger partial charge in [0.25, 0.3) is 0 Å². The number of benzene rings is 1. The Morgan fingerprint density at radius 2 is 2.03 bits per heavy atom. The van der Waals surface area contributed by atoms with Crippen molar-refractivity contribution in [3.63, 3.8) is 0 Å². The molecular weight excluding hydrogens is 467 g/mol. The maximum Gasteiger partial charge on any atom is 0.416 e. The Morgan fingerprint density at radius 1 is 1.28 bits per heavy atom. The summed E-state index contributed by atoms with van der Waals surface area (Å²) in [5, 5.41) is 5.23.